The van der Waals surface area contributed by atoms with Crippen molar-refractivity contribution >= 4 is 23.3 Å². The van der Waals surface area contributed by atoms with E-state index in [1.165, 1.54) is 6.92 Å². The Bertz CT molecular complexity index is 843. The van der Waals surface area contributed by atoms with E-state index < -0.39 is 0 Å². The van der Waals surface area contributed by atoms with Crippen LogP contribution in [0.3, 0.4) is 0 Å². The molecule has 0 saturated carbocycles. The molecule has 0 aliphatic carbocycles. The highest BCUT2D eigenvalue weighted by atomic mass is 16.5. The van der Waals surface area contributed by atoms with Gasteiger partial charge >= 0.3 is 6.01 Å². The summed E-state index contributed by atoms with van der Waals surface area (Å²) in [7, 11) is 1.61. The molecule has 1 aromatic heterocycles. The van der Waals surface area contributed by atoms with Gasteiger partial charge in [0.25, 0.3) is 0 Å². The maximum absolute atomic E-state index is 11.0. The second-order valence-electron chi connectivity index (χ2n) is 5.03. The van der Waals surface area contributed by atoms with Gasteiger partial charge in [0.15, 0.2) is 0 Å². The highest BCUT2D eigenvalue weighted by Crippen LogP contribution is 2.25. The third-order valence-electron chi connectivity index (χ3n) is 3.20. The van der Waals surface area contributed by atoms with Crippen LogP contribution in [0.25, 0.3) is 11.5 Å². The molecule has 3 aromatic rings. The van der Waals surface area contributed by atoms with Gasteiger partial charge in [-0.15, -0.1) is 5.10 Å². The molecule has 0 atom stereocenters. The van der Waals surface area contributed by atoms with E-state index in [0.29, 0.717) is 11.6 Å². The Hall–Kier alpha value is -3.35. The molecule has 24 heavy (non-hydrogen) atoms. The first kappa shape index (κ1) is 15.5. The molecule has 2 N–H and O–H groups in total. The largest absolute Gasteiger partial charge is 0.497 e. The summed E-state index contributed by atoms with van der Waals surface area (Å²) in [6.07, 6.45) is 0. The lowest BCUT2D eigenvalue weighted by Gasteiger charge is -2.04. The average Bonchev–Trinajstić information content (AvgIpc) is 3.03. The lowest BCUT2D eigenvalue weighted by Crippen LogP contribution is -2.05. The number of carbonyl (C=O) groups is 1. The molecule has 2 aromatic carbocycles. The van der Waals surface area contributed by atoms with Crippen LogP contribution >= 0.6 is 0 Å². The van der Waals surface area contributed by atoms with E-state index >= 15 is 0 Å². The molecule has 0 aliphatic rings. The second-order valence-corrected chi connectivity index (χ2v) is 5.03. The third kappa shape index (κ3) is 3.70. The second kappa shape index (κ2) is 6.82. The van der Waals surface area contributed by atoms with Crippen LogP contribution in [0.15, 0.2) is 52.9 Å². The fourth-order valence-electron chi connectivity index (χ4n) is 2.11. The van der Waals surface area contributed by atoms with E-state index in [1.54, 1.807) is 31.4 Å². The molecule has 122 valence electrons. The number of benzene rings is 2. The molecule has 0 unspecified atom stereocenters. The number of nitrogens with zero attached hydrogens (tertiary/aromatic N) is 2. The molecule has 0 spiro atoms. The number of amides is 1. The number of aromatic nitrogens is 2. The molecule has 3 rings (SSSR count). The summed E-state index contributed by atoms with van der Waals surface area (Å²) in [5.74, 6) is 0.994. The van der Waals surface area contributed by atoms with Gasteiger partial charge in [-0.3, -0.25) is 4.79 Å². The summed E-state index contributed by atoms with van der Waals surface area (Å²) >= 11 is 0. The molecule has 1 heterocycles. The number of anilines is 3. The fraction of sp³-hybridized carbons (Fsp3) is 0.118. The van der Waals surface area contributed by atoms with E-state index in [2.05, 4.69) is 20.8 Å². The summed E-state index contributed by atoms with van der Waals surface area (Å²) in [6, 6.07) is 14.8. The first-order chi connectivity index (χ1) is 11.6. The van der Waals surface area contributed by atoms with Gasteiger partial charge in [-0.25, -0.2) is 0 Å². The molecule has 0 bridgehead atoms. The van der Waals surface area contributed by atoms with E-state index in [-0.39, 0.29) is 11.9 Å². The van der Waals surface area contributed by atoms with Crippen LogP contribution in [0.2, 0.25) is 0 Å². The first-order valence-electron chi connectivity index (χ1n) is 7.26. The summed E-state index contributed by atoms with van der Waals surface area (Å²) < 4.78 is 10.8. The number of nitrogens with one attached hydrogen (secondary N) is 2. The lowest BCUT2D eigenvalue weighted by molar-refractivity contribution is -0.114. The van der Waals surface area contributed by atoms with Gasteiger partial charge in [0.2, 0.25) is 11.8 Å². The number of rotatable bonds is 5. The topological polar surface area (TPSA) is 89.3 Å². The van der Waals surface area contributed by atoms with Gasteiger partial charge in [0, 0.05) is 29.9 Å². The first-order valence-corrected chi connectivity index (χ1v) is 7.26. The number of carbonyl (C=O) groups excluding carboxylic acids is 1. The molecular formula is C17H16N4O3. The van der Waals surface area contributed by atoms with Crippen molar-refractivity contribution < 1.29 is 13.9 Å². The van der Waals surface area contributed by atoms with Crippen LogP contribution in [-0.4, -0.2) is 23.2 Å². The molecule has 0 aliphatic heterocycles. The van der Waals surface area contributed by atoms with Crippen LogP contribution in [0.5, 0.6) is 5.75 Å². The van der Waals surface area contributed by atoms with Crippen LogP contribution < -0.4 is 15.4 Å². The normalized spacial score (nSPS) is 10.2. The SMILES string of the molecule is COc1cccc(Nc2nnc(-c3ccc(NC(C)=O)cc3)o2)c1. The molecule has 0 radical (unpaired) electrons. The quantitative estimate of drug-likeness (QED) is 0.747. The smallest absolute Gasteiger partial charge is 0.320 e. The molecular weight excluding hydrogens is 308 g/mol. The van der Waals surface area contributed by atoms with Gasteiger partial charge in [0.05, 0.1) is 7.11 Å². The number of ether oxygens (including phenoxy) is 1. The Morgan fingerprint density at radius 2 is 1.88 bits per heavy atom. The molecule has 0 fully saturated rings. The van der Waals surface area contributed by atoms with E-state index in [0.717, 1.165) is 17.0 Å². The van der Waals surface area contributed by atoms with Crippen molar-refractivity contribution in [1.29, 1.82) is 0 Å². The van der Waals surface area contributed by atoms with Crippen LogP contribution in [0, 0.1) is 0 Å². The lowest BCUT2D eigenvalue weighted by atomic mass is 10.2. The van der Waals surface area contributed by atoms with Gasteiger partial charge in [0.1, 0.15) is 5.75 Å². The van der Waals surface area contributed by atoms with Crippen LogP contribution in [0.1, 0.15) is 6.92 Å². The van der Waals surface area contributed by atoms with Crippen molar-refractivity contribution in [1.82, 2.24) is 10.2 Å². The van der Waals surface area contributed by atoms with Gasteiger partial charge in [-0.05, 0) is 36.4 Å². The van der Waals surface area contributed by atoms with Crippen molar-refractivity contribution in [2.75, 3.05) is 17.7 Å². The Morgan fingerprint density at radius 3 is 2.58 bits per heavy atom. The van der Waals surface area contributed by atoms with Crippen LogP contribution in [0.4, 0.5) is 17.4 Å². The number of methoxy groups -OCH3 is 1. The predicted molar refractivity (Wildman–Crippen MR) is 90.3 cm³/mol. The number of hydrogen-bond acceptors (Lipinski definition) is 6. The summed E-state index contributed by atoms with van der Waals surface area (Å²) in [5.41, 5.74) is 2.25. The van der Waals surface area contributed by atoms with Gasteiger partial charge in [-0.1, -0.05) is 11.2 Å². The van der Waals surface area contributed by atoms with Gasteiger partial charge < -0.3 is 19.8 Å². The Kier molecular flexibility index (Phi) is 4.42. The average molecular weight is 324 g/mol. The van der Waals surface area contributed by atoms with Crippen molar-refractivity contribution in [3.8, 4) is 17.2 Å². The fourth-order valence-corrected chi connectivity index (χ4v) is 2.11. The van der Waals surface area contributed by atoms with Crippen molar-refractivity contribution in [3.63, 3.8) is 0 Å². The van der Waals surface area contributed by atoms with Crippen molar-refractivity contribution in [3.05, 3.63) is 48.5 Å². The highest BCUT2D eigenvalue weighted by Gasteiger charge is 2.09. The van der Waals surface area contributed by atoms with E-state index in [4.69, 9.17) is 9.15 Å². The summed E-state index contributed by atoms with van der Waals surface area (Å²) in [4.78, 5) is 11.0. The van der Waals surface area contributed by atoms with Crippen LogP contribution in [-0.2, 0) is 4.79 Å². The van der Waals surface area contributed by atoms with Crippen molar-refractivity contribution in [2.24, 2.45) is 0 Å². The van der Waals surface area contributed by atoms with E-state index in [1.807, 2.05) is 24.3 Å². The molecule has 7 heteroatoms. The Labute approximate surface area is 138 Å². The minimum Gasteiger partial charge on any atom is -0.497 e. The standard InChI is InChI=1S/C17H16N4O3/c1-11(22)18-13-8-6-12(7-9-13)16-20-21-17(24-16)19-14-4-3-5-15(10-14)23-2/h3-10H,1-2H3,(H,18,22)(H,19,21). The molecule has 0 saturated heterocycles. The maximum Gasteiger partial charge on any atom is 0.320 e. The molecule has 7 nitrogen and oxygen atoms in total. The minimum atomic E-state index is -0.120. The zero-order valence-electron chi connectivity index (χ0n) is 13.2. The Morgan fingerprint density at radius 1 is 1.08 bits per heavy atom. The monoisotopic (exact) mass is 324 g/mol. The zero-order valence-corrected chi connectivity index (χ0v) is 13.2. The predicted octanol–water partition coefficient (Wildman–Crippen LogP) is 3.45. The maximum atomic E-state index is 11.0. The Balaban J connectivity index is 1.74. The van der Waals surface area contributed by atoms with E-state index in [9.17, 15) is 4.79 Å². The van der Waals surface area contributed by atoms with Crippen molar-refractivity contribution in [2.45, 2.75) is 6.92 Å². The summed E-state index contributed by atoms with van der Waals surface area (Å²) in [6.45, 7) is 1.46. The third-order valence-corrected chi connectivity index (χ3v) is 3.20. The zero-order chi connectivity index (χ0) is 16.9. The summed E-state index contributed by atoms with van der Waals surface area (Å²) in [5, 5.41) is 13.7. The highest BCUT2D eigenvalue weighted by molar-refractivity contribution is 5.88. The molecule has 1 amide bonds. The number of hydrogen-bond donors (Lipinski definition) is 2. The minimum absolute atomic E-state index is 0.120. The van der Waals surface area contributed by atoms with Gasteiger partial charge in [-0.2, -0.15) is 0 Å².